The van der Waals surface area contributed by atoms with E-state index in [0.29, 0.717) is 5.56 Å². The van der Waals surface area contributed by atoms with E-state index in [0.717, 1.165) is 11.1 Å². The summed E-state index contributed by atoms with van der Waals surface area (Å²) in [7, 11) is 0. The Morgan fingerprint density at radius 1 is 0.900 bits per heavy atom. The summed E-state index contributed by atoms with van der Waals surface area (Å²) in [5, 5.41) is 0. The Balaban J connectivity index is 2.19. The van der Waals surface area contributed by atoms with E-state index in [1.165, 1.54) is 0 Å². The number of ether oxygens (including phenoxy) is 1. The van der Waals surface area contributed by atoms with E-state index < -0.39 is 12.5 Å². The van der Waals surface area contributed by atoms with Crippen molar-refractivity contribution < 1.29 is 17.9 Å². The minimum absolute atomic E-state index is 0.268. The van der Waals surface area contributed by atoms with Gasteiger partial charge in [-0.15, -0.1) is 13.2 Å². The fraction of sp³-hybridized carbons (Fsp3) is 0.250. The molecule has 0 saturated heterocycles. The van der Waals surface area contributed by atoms with E-state index in [-0.39, 0.29) is 6.42 Å². The van der Waals surface area contributed by atoms with Gasteiger partial charge in [0.1, 0.15) is 0 Å². The Labute approximate surface area is 116 Å². The molecule has 1 unspecified atom stereocenters. The minimum atomic E-state index is -4.61. The van der Waals surface area contributed by atoms with Crippen LogP contribution in [0.2, 0.25) is 0 Å². The van der Waals surface area contributed by atoms with Gasteiger partial charge >= 0.3 is 6.36 Å². The molecule has 0 radical (unpaired) electrons. The van der Waals surface area contributed by atoms with Crippen LogP contribution in [0.25, 0.3) is 11.1 Å². The first kappa shape index (κ1) is 14.6. The van der Waals surface area contributed by atoms with Crippen LogP contribution in [-0.2, 0) is 4.74 Å². The van der Waals surface area contributed by atoms with Crippen molar-refractivity contribution in [3.63, 3.8) is 0 Å². The van der Waals surface area contributed by atoms with Gasteiger partial charge in [0.05, 0.1) is 6.10 Å². The van der Waals surface area contributed by atoms with E-state index in [1.54, 1.807) is 19.1 Å². The zero-order chi connectivity index (χ0) is 14.6. The lowest BCUT2D eigenvalue weighted by Gasteiger charge is -2.18. The number of alkyl halides is 3. The summed E-state index contributed by atoms with van der Waals surface area (Å²) in [4.78, 5) is 0. The molecule has 1 atom stereocenters. The highest BCUT2D eigenvalue weighted by Crippen LogP contribution is 2.31. The molecule has 106 valence electrons. The monoisotopic (exact) mass is 280 g/mol. The van der Waals surface area contributed by atoms with Crippen LogP contribution in [0.4, 0.5) is 13.2 Å². The van der Waals surface area contributed by atoms with Crippen molar-refractivity contribution in [1.82, 2.24) is 0 Å². The Hall–Kier alpha value is -1.81. The van der Waals surface area contributed by atoms with Gasteiger partial charge in [0.15, 0.2) is 0 Å². The third-order valence-electron chi connectivity index (χ3n) is 3.04. The molecule has 0 aliphatic carbocycles. The third-order valence-corrected chi connectivity index (χ3v) is 3.04. The van der Waals surface area contributed by atoms with Crippen LogP contribution in [0.15, 0.2) is 54.6 Å². The fourth-order valence-corrected chi connectivity index (χ4v) is 2.07. The van der Waals surface area contributed by atoms with Crippen molar-refractivity contribution >= 4 is 0 Å². The summed E-state index contributed by atoms with van der Waals surface area (Å²) in [5.74, 6) is 0. The molecule has 20 heavy (non-hydrogen) atoms. The molecule has 0 amide bonds. The maximum Gasteiger partial charge on any atom is 0.523 e. The Kier molecular flexibility index (Phi) is 4.45. The van der Waals surface area contributed by atoms with E-state index >= 15 is 0 Å². The molecular formula is C16H15F3O. The Bertz CT molecular complexity index is 532. The highest BCUT2D eigenvalue weighted by Gasteiger charge is 2.33. The summed E-state index contributed by atoms with van der Waals surface area (Å²) in [6.45, 7) is 1.67. The lowest BCUT2D eigenvalue weighted by molar-refractivity contribution is -0.345. The quantitative estimate of drug-likeness (QED) is 0.734. The molecule has 0 bridgehead atoms. The van der Waals surface area contributed by atoms with Gasteiger partial charge < -0.3 is 0 Å². The number of halogens is 3. The first-order valence-corrected chi connectivity index (χ1v) is 6.39. The molecule has 0 N–H and O–H groups in total. The first-order chi connectivity index (χ1) is 9.49. The zero-order valence-electron chi connectivity index (χ0n) is 11.0. The molecule has 0 aliphatic rings. The average molecular weight is 280 g/mol. The predicted octanol–water partition coefficient (Wildman–Crippen LogP) is 5.34. The molecule has 0 spiro atoms. The highest BCUT2D eigenvalue weighted by atomic mass is 19.4. The third kappa shape index (κ3) is 3.84. The second kappa shape index (κ2) is 6.09. The van der Waals surface area contributed by atoms with Gasteiger partial charge in [0, 0.05) is 0 Å². The largest absolute Gasteiger partial charge is 0.523 e. The number of hydrogen-bond donors (Lipinski definition) is 0. The van der Waals surface area contributed by atoms with Crippen molar-refractivity contribution in [3.05, 3.63) is 60.2 Å². The molecule has 0 fully saturated rings. The summed E-state index contributed by atoms with van der Waals surface area (Å²) in [5.41, 5.74) is 2.53. The van der Waals surface area contributed by atoms with E-state index in [1.807, 2.05) is 42.5 Å². The second-order valence-corrected chi connectivity index (χ2v) is 4.45. The van der Waals surface area contributed by atoms with Gasteiger partial charge in [-0.25, -0.2) is 0 Å². The second-order valence-electron chi connectivity index (χ2n) is 4.45. The van der Waals surface area contributed by atoms with Crippen molar-refractivity contribution in [2.75, 3.05) is 0 Å². The average Bonchev–Trinajstić information content (AvgIpc) is 2.45. The molecule has 2 rings (SSSR count). The molecule has 0 aliphatic heterocycles. The van der Waals surface area contributed by atoms with Crippen LogP contribution in [0.5, 0.6) is 0 Å². The van der Waals surface area contributed by atoms with Crippen molar-refractivity contribution in [1.29, 1.82) is 0 Å². The molecule has 0 heterocycles. The molecule has 2 aromatic carbocycles. The normalized spacial score (nSPS) is 13.2. The molecule has 4 heteroatoms. The standard InChI is InChI=1S/C16H15F3O/c1-2-15(20-16(17,18)19)14-10-8-13(9-11-14)12-6-4-3-5-7-12/h3-11,15H,2H2,1H3. The SMILES string of the molecule is CCC(OC(F)(F)F)c1ccc(-c2ccccc2)cc1. The van der Waals surface area contributed by atoms with Crippen LogP contribution < -0.4 is 0 Å². The van der Waals surface area contributed by atoms with Gasteiger partial charge in [-0.2, -0.15) is 0 Å². The summed E-state index contributed by atoms with van der Waals surface area (Å²) in [6.07, 6.45) is -5.30. The summed E-state index contributed by atoms with van der Waals surface area (Å²) in [6, 6.07) is 16.7. The Morgan fingerprint density at radius 2 is 1.45 bits per heavy atom. The topological polar surface area (TPSA) is 9.23 Å². The first-order valence-electron chi connectivity index (χ1n) is 6.39. The predicted molar refractivity (Wildman–Crippen MR) is 72.1 cm³/mol. The summed E-state index contributed by atoms with van der Waals surface area (Å²) >= 11 is 0. The van der Waals surface area contributed by atoms with Crippen LogP contribution >= 0.6 is 0 Å². The van der Waals surface area contributed by atoms with Crippen molar-refractivity contribution in [3.8, 4) is 11.1 Å². The van der Waals surface area contributed by atoms with Gasteiger partial charge in [0.2, 0.25) is 0 Å². The minimum Gasteiger partial charge on any atom is -0.284 e. The van der Waals surface area contributed by atoms with E-state index in [4.69, 9.17) is 0 Å². The van der Waals surface area contributed by atoms with Crippen LogP contribution in [0.1, 0.15) is 25.0 Å². The van der Waals surface area contributed by atoms with Gasteiger partial charge in [-0.3, -0.25) is 4.74 Å². The van der Waals surface area contributed by atoms with Gasteiger partial charge in [-0.05, 0) is 23.1 Å². The Morgan fingerprint density at radius 3 is 1.95 bits per heavy atom. The lowest BCUT2D eigenvalue weighted by Crippen LogP contribution is -2.17. The van der Waals surface area contributed by atoms with Crippen LogP contribution in [0.3, 0.4) is 0 Å². The van der Waals surface area contributed by atoms with Crippen molar-refractivity contribution in [2.45, 2.75) is 25.8 Å². The van der Waals surface area contributed by atoms with E-state index in [9.17, 15) is 13.2 Å². The van der Waals surface area contributed by atoms with Crippen LogP contribution in [0, 0.1) is 0 Å². The molecule has 2 aromatic rings. The number of benzene rings is 2. The number of hydrogen-bond acceptors (Lipinski definition) is 1. The molecule has 0 saturated carbocycles. The zero-order valence-corrected chi connectivity index (χ0v) is 11.0. The molecule has 1 nitrogen and oxygen atoms in total. The molecular weight excluding hydrogens is 265 g/mol. The van der Waals surface area contributed by atoms with Crippen LogP contribution in [-0.4, -0.2) is 6.36 Å². The van der Waals surface area contributed by atoms with E-state index in [2.05, 4.69) is 4.74 Å². The summed E-state index contributed by atoms with van der Waals surface area (Å²) < 4.78 is 41.0. The van der Waals surface area contributed by atoms with Gasteiger partial charge in [-0.1, -0.05) is 61.5 Å². The maximum absolute atomic E-state index is 12.3. The highest BCUT2D eigenvalue weighted by molar-refractivity contribution is 5.63. The van der Waals surface area contributed by atoms with Crippen molar-refractivity contribution in [2.24, 2.45) is 0 Å². The smallest absolute Gasteiger partial charge is 0.284 e. The van der Waals surface area contributed by atoms with Gasteiger partial charge in [0.25, 0.3) is 0 Å². The number of rotatable bonds is 4. The molecule has 0 aromatic heterocycles. The maximum atomic E-state index is 12.3. The lowest BCUT2D eigenvalue weighted by atomic mass is 10.0. The fourth-order valence-electron chi connectivity index (χ4n) is 2.07.